The molecule has 0 aromatic heterocycles. The van der Waals surface area contributed by atoms with Gasteiger partial charge in [0.2, 0.25) is 5.91 Å². The molecule has 3 heteroatoms. The molecule has 1 atom stereocenters. The highest BCUT2D eigenvalue weighted by Gasteiger charge is 2.28. The minimum atomic E-state index is -0.318. The van der Waals surface area contributed by atoms with E-state index in [9.17, 15) is 4.79 Å². The Labute approximate surface area is 81.1 Å². The minimum Gasteiger partial charge on any atom is -0.341 e. The monoisotopic (exact) mass is 186 g/mol. The third kappa shape index (κ3) is 4.88. The van der Waals surface area contributed by atoms with Gasteiger partial charge in [-0.2, -0.15) is 0 Å². The summed E-state index contributed by atoms with van der Waals surface area (Å²) in [5, 5.41) is 2.73. The number of amides is 1. The fourth-order valence-corrected chi connectivity index (χ4v) is 1.52. The van der Waals surface area contributed by atoms with Crippen LogP contribution in [-0.2, 0) is 4.79 Å². The minimum absolute atomic E-state index is 0.0381. The molecule has 0 radical (unpaired) electrons. The summed E-state index contributed by atoms with van der Waals surface area (Å²) in [7, 11) is 0. The second-order valence-corrected chi connectivity index (χ2v) is 4.74. The van der Waals surface area contributed by atoms with Crippen molar-refractivity contribution in [3.8, 4) is 0 Å². The molecule has 0 heterocycles. The molecule has 0 rings (SSSR count). The zero-order valence-electron chi connectivity index (χ0n) is 9.35. The van der Waals surface area contributed by atoms with Gasteiger partial charge in [0.1, 0.15) is 0 Å². The Morgan fingerprint density at radius 3 is 2.15 bits per heavy atom. The Hall–Kier alpha value is -0.570. The predicted molar refractivity (Wildman–Crippen MR) is 55.0 cm³/mol. The van der Waals surface area contributed by atoms with Gasteiger partial charge in [0.05, 0.1) is 6.17 Å². The summed E-state index contributed by atoms with van der Waals surface area (Å²) in [5.74, 6) is 0.560. The summed E-state index contributed by atoms with van der Waals surface area (Å²) in [6.07, 6.45) is 0.616. The standard InChI is InChI=1S/C10H22N2O/c1-7(2)6-10(4,5)9(13)12-8(3)11/h7-8H,6,11H2,1-5H3,(H,12,13)/t8-/m1/s1. The van der Waals surface area contributed by atoms with Crippen LogP contribution in [0.2, 0.25) is 0 Å². The van der Waals surface area contributed by atoms with Crippen molar-refractivity contribution in [1.82, 2.24) is 5.32 Å². The van der Waals surface area contributed by atoms with Gasteiger partial charge in [-0.3, -0.25) is 4.79 Å². The fraction of sp³-hybridized carbons (Fsp3) is 0.900. The third-order valence-corrected chi connectivity index (χ3v) is 1.89. The van der Waals surface area contributed by atoms with E-state index in [1.165, 1.54) is 0 Å². The molecular weight excluding hydrogens is 164 g/mol. The van der Waals surface area contributed by atoms with Gasteiger partial charge < -0.3 is 11.1 Å². The van der Waals surface area contributed by atoms with Gasteiger partial charge in [-0.15, -0.1) is 0 Å². The lowest BCUT2D eigenvalue weighted by molar-refractivity contribution is -0.130. The Morgan fingerprint density at radius 1 is 1.38 bits per heavy atom. The van der Waals surface area contributed by atoms with Gasteiger partial charge in [-0.1, -0.05) is 27.7 Å². The van der Waals surface area contributed by atoms with Gasteiger partial charge in [0.25, 0.3) is 0 Å². The lowest BCUT2D eigenvalue weighted by Crippen LogP contribution is -2.46. The molecule has 0 saturated carbocycles. The van der Waals surface area contributed by atoms with Crippen molar-refractivity contribution < 1.29 is 4.79 Å². The molecule has 0 aromatic carbocycles. The predicted octanol–water partition coefficient (Wildman–Crippen LogP) is 1.48. The van der Waals surface area contributed by atoms with E-state index < -0.39 is 0 Å². The average molecular weight is 186 g/mol. The van der Waals surface area contributed by atoms with E-state index in [1.807, 2.05) is 13.8 Å². The number of hydrogen-bond donors (Lipinski definition) is 2. The van der Waals surface area contributed by atoms with E-state index in [-0.39, 0.29) is 17.5 Å². The van der Waals surface area contributed by atoms with Crippen molar-refractivity contribution in [3.63, 3.8) is 0 Å². The van der Waals surface area contributed by atoms with Crippen molar-refractivity contribution in [2.24, 2.45) is 17.1 Å². The molecule has 0 aliphatic carbocycles. The van der Waals surface area contributed by atoms with Crippen LogP contribution in [-0.4, -0.2) is 12.1 Å². The zero-order valence-corrected chi connectivity index (χ0v) is 9.35. The Kier molecular flexibility index (Phi) is 4.40. The lowest BCUT2D eigenvalue weighted by Gasteiger charge is -2.26. The van der Waals surface area contributed by atoms with Gasteiger partial charge >= 0.3 is 0 Å². The highest BCUT2D eigenvalue weighted by Crippen LogP contribution is 2.25. The van der Waals surface area contributed by atoms with E-state index in [4.69, 9.17) is 5.73 Å². The maximum Gasteiger partial charge on any atom is 0.226 e. The van der Waals surface area contributed by atoms with Crippen molar-refractivity contribution in [2.45, 2.75) is 47.2 Å². The fourth-order valence-electron chi connectivity index (χ4n) is 1.52. The molecule has 0 aliphatic heterocycles. The lowest BCUT2D eigenvalue weighted by atomic mass is 9.83. The Balaban J connectivity index is 4.19. The molecule has 0 aliphatic rings. The molecule has 3 nitrogen and oxygen atoms in total. The molecule has 78 valence electrons. The summed E-state index contributed by atoms with van der Waals surface area (Å²) in [4.78, 5) is 11.6. The van der Waals surface area contributed by atoms with Crippen LogP contribution < -0.4 is 11.1 Å². The van der Waals surface area contributed by atoms with Gasteiger partial charge in [0.15, 0.2) is 0 Å². The van der Waals surface area contributed by atoms with Crippen LogP contribution in [0.1, 0.15) is 41.0 Å². The van der Waals surface area contributed by atoms with Crippen molar-refractivity contribution in [1.29, 1.82) is 0 Å². The largest absolute Gasteiger partial charge is 0.341 e. The van der Waals surface area contributed by atoms with Crippen LogP contribution in [0.4, 0.5) is 0 Å². The Morgan fingerprint density at radius 2 is 1.85 bits per heavy atom. The van der Waals surface area contributed by atoms with Crippen molar-refractivity contribution in [2.75, 3.05) is 0 Å². The summed E-state index contributed by atoms with van der Waals surface area (Å²) < 4.78 is 0. The number of hydrogen-bond acceptors (Lipinski definition) is 2. The van der Waals surface area contributed by atoms with Crippen LogP contribution in [0.15, 0.2) is 0 Å². The van der Waals surface area contributed by atoms with E-state index in [0.29, 0.717) is 5.92 Å². The first kappa shape index (κ1) is 12.4. The summed E-state index contributed by atoms with van der Waals surface area (Å²) in [5.41, 5.74) is 5.17. The normalized spacial score (nSPS) is 14.4. The van der Waals surface area contributed by atoms with E-state index in [0.717, 1.165) is 6.42 Å². The van der Waals surface area contributed by atoms with Crippen LogP contribution >= 0.6 is 0 Å². The smallest absolute Gasteiger partial charge is 0.226 e. The average Bonchev–Trinajstić information content (AvgIpc) is 1.81. The second kappa shape index (κ2) is 4.61. The van der Waals surface area contributed by atoms with Crippen molar-refractivity contribution >= 4 is 5.91 Å². The van der Waals surface area contributed by atoms with Crippen molar-refractivity contribution in [3.05, 3.63) is 0 Å². The first-order chi connectivity index (χ1) is 5.75. The Bertz CT molecular complexity index is 174. The molecule has 13 heavy (non-hydrogen) atoms. The van der Waals surface area contributed by atoms with E-state index in [2.05, 4.69) is 19.2 Å². The topological polar surface area (TPSA) is 55.1 Å². The van der Waals surface area contributed by atoms with Gasteiger partial charge in [-0.25, -0.2) is 0 Å². The molecular formula is C10H22N2O. The maximum absolute atomic E-state index is 11.6. The van der Waals surface area contributed by atoms with Crippen LogP contribution in [0.3, 0.4) is 0 Å². The highest BCUT2D eigenvalue weighted by molar-refractivity contribution is 5.81. The first-order valence-corrected chi connectivity index (χ1v) is 4.82. The molecule has 0 aromatic rings. The summed E-state index contributed by atoms with van der Waals surface area (Å²) in [6, 6.07) is 0. The highest BCUT2D eigenvalue weighted by atomic mass is 16.2. The van der Waals surface area contributed by atoms with Crippen LogP contribution in [0.25, 0.3) is 0 Å². The first-order valence-electron chi connectivity index (χ1n) is 4.82. The van der Waals surface area contributed by atoms with E-state index >= 15 is 0 Å². The number of rotatable bonds is 4. The molecule has 0 unspecified atom stereocenters. The number of nitrogens with two attached hydrogens (primary N) is 1. The summed E-state index contributed by atoms with van der Waals surface area (Å²) >= 11 is 0. The second-order valence-electron chi connectivity index (χ2n) is 4.74. The van der Waals surface area contributed by atoms with Gasteiger partial charge in [-0.05, 0) is 19.3 Å². The maximum atomic E-state index is 11.6. The molecule has 0 bridgehead atoms. The SMILES string of the molecule is CC(C)CC(C)(C)C(=O)N[C@H](C)N. The summed E-state index contributed by atoms with van der Waals surface area (Å²) in [6.45, 7) is 9.89. The number of nitrogens with one attached hydrogen (secondary N) is 1. The van der Waals surface area contributed by atoms with E-state index in [1.54, 1.807) is 6.92 Å². The molecule has 3 N–H and O–H groups in total. The molecule has 1 amide bonds. The van der Waals surface area contributed by atoms with Crippen LogP contribution in [0.5, 0.6) is 0 Å². The molecule has 0 fully saturated rings. The number of carbonyl (C=O) groups excluding carboxylic acids is 1. The quantitative estimate of drug-likeness (QED) is 0.653. The zero-order chi connectivity index (χ0) is 10.6. The van der Waals surface area contributed by atoms with Crippen LogP contribution in [0, 0.1) is 11.3 Å². The number of carbonyl (C=O) groups is 1. The molecule has 0 spiro atoms. The van der Waals surface area contributed by atoms with Gasteiger partial charge in [0, 0.05) is 5.41 Å². The molecule has 0 saturated heterocycles. The third-order valence-electron chi connectivity index (χ3n) is 1.89.